The Labute approximate surface area is 92.5 Å². The minimum Gasteiger partial charge on any atom is -0.327 e. The third-order valence-corrected chi connectivity index (χ3v) is 4.44. The first kappa shape index (κ1) is 11.2. The number of nitrogens with two attached hydrogens (primary N) is 1. The van der Waals surface area contributed by atoms with Crippen molar-refractivity contribution < 1.29 is 0 Å². The van der Waals surface area contributed by atoms with Gasteiger partial charge in [0.25, 0.3) is 0 Å². The van der Waals surface area contributed by atoms with E-state index in [1.165, 1.54) is 9.35 Å². The third kappa shape index (κ3) is 3.08. The summed E-state index contributed by atoms with van der Waals surface area (Å²) in [5.41, 5.74) is 6.07. The van der Waals surface area contributed by atoms with Gasteiger partial charge >= 0.3 is 0 Å². The van der Waals surface area contributed by atoms with E-state index in [-0.39, 0.29) is 0 Å². The van der Waals surface area contributed by atoms with Crippen molar-refractivity contribution in [3.8, 4) is 0 Å². The summed E-state index contributed by atoms with van der Waals surface area (Å²) < 4.78 is 1.20. The van der Waals surface area contributed by atoms with E-state index in [0.29, 0.717) is 12.0 Å². The molecule has 0 aromatic carbocycles. The molecule has 3 heteroatoms. The molecule has 1 nitrogen and oxygen atoms in total. The highest BCUT2D eigenvalue weighted by molar-refractivity contribution is 9.10. The Bertz CT molecular complexity index is 259. The molecule has 2 N–H and O–H groups in total. The van der Waals surface area contributed by atoms with Crippen molar-refractivity contribution in [1.82, 2.24) is 0 Å². The first-order chi connectivity index (χ1) is 6.15. The summed E-state index contributed by atoms with van der Waals surface area (Å²) in [6.07, 6.45) is 2.15. The van der Waals surface area contributed by atoms with Gasteiger partial charge in [-0.05, 0) is 39.7 Å². The van der Waals surface area contributed by atoms with E-state index in [2.05, 4.69) is 41.2 Å². The van der Waals surface area contributed by atoms with Crippen LogP contribution in [0.5, 0.6) is 0 Å². The fourth-order valence-corrected chi connectivity index (χ4v) is 2.78. The SMILES string of the molecule is CCC(C)C(N)Cc1sccc1Br. The highest BCUT2D eigenvalue weighted by Crippen LogP contribution is 2.25. The van der Waals surface area contributed by atoms with Gasteiger partial charge in [0.2, 0.25) is 0 Å². The van der Waals surface area contributed by atoms with E-state index in [1.54, 1.807) is 11.3 Å². The summed E-state index contributed by atoms with van der Waals surface area (Å²) in [6, 6.07) is 2.38. The largest absolute Gasteiger partial charge is 0.327 e. The summed E-state index contributed by atoms with van der Waals surface area (Å²) in [6.45, 7) is 4.40. The van der Waals surface area contributed by atoms with Crippen LogP contribution < -0.4 is 5.73 Å². The normalized spacial score (nSPS) is 15.7. The van der Waals surface area contributed by atoms with Crippen molar-refractivity contribution in [2.75, 3.05) is 0 Å². The third-order valence-electron chi connectivity index (χ3n) is 2.49. The molecule has 74 valence electrons. The van der Waals surface area contributed by atoms with Crippen LogP contribution in [-0.2, 0) is 6.42 Å². The summed E-state index contributed by atoms with van der Waals surface area (Å²) >= 11 is 5.30. The molecule has 2 atom stereocenters. The summed E-state index contributed by atoms with van der Waals surface area (Å²) in [4.78, 5) is 1.37. The van der Waals surface area contributed by atoms with Gasteiger partial charge in [0.05, 0.1) is 0 Å². The topological polar surface area (TPSA) is 26.0 Å². The van der Waals surface area contributed by atoms with Gasteiger partial charge in [-0.2, -0.15) is 0 Å². The zero-order valence-corrected chi connectivity index (χ0v) is 10.5. The van der Waals surface area contributed by atoms with Crippen LogP contribution in [-0.4, -0.2) is 6.04 Å². The lowest BCUT2D eigenvalue weighted by molar-refractivity contribution is 0.442. The number of hydrogen-bond donors (Lipinski definition) is 1. The molecule has 0 radical (unpaired) electrons. The molecule has 1 rings (SSSR count). The second kappa shape index (κ2) is 5.13. The van der Waals surface area contributed by atoms with Crippen LogP contribution in [0.15, 0.2) is 15.9 Å². The van der Waals surface area contributed by atoms with Crippen molar-refractivity contribution in [2.24, 2.45) is 11.7 Å². The Balaban J connectivity index is 2.54. The van der Waals surface area contributed by atoms with Crippen molar-refractivity contribution in [3.05, 3.63) is 20.8 Å². The molecular weight excluding hydrogens is 246 g/mol. The van der Waals surface area contributed by atoms with Crippen molar-refractivity contribution in [1.29, 1.82) is 0 Å². The maximum Gasteiger partial charge on any atom is 0.0314 e. The van der Waals surface area contributed by atoms with Crippen molar-refractivity contribution >= 4 is 27.3 Å². The van der Waals surface area contributed by atoms with Gasteiger partial charge in [-0.25, -0.2) is 0 Å². The molecule has 0 bridgehead atoms. The molecule has 0 aliphatic heterocycles. The predicted octanol–water partition coefficient (Wildman–Crippen LogP) is 3.43. The van der Waals surface area contributed by atoms with E-state index in [9.17, 15) is 0 Å². The molecule has 1 aromatic heterocycles. The smallest absolute Gasteiger partial charge is 0.0314 e. The van der Waals surface area contributed by atoms with E-state index in [0.717, 1.165) is 12.8 Å². The highest BCUT2D eigenvalue weighted by atomic mass is 79.9. The number of hydrogen-bond acceptors (Lipinski definition) is 2. The van der Waals surface area contributed by atoms with Crippen LogP contribution in [0.3, 0.4) is 0 Å². The van der Waals surface area contributed by atoms with E-state index in [1.807, 2.05) is 0 Å². The van der Waals surface area contributed by atoms with Gasteiger partial charge in [-0.15, -0.1) is 11.3 Å². The molecule has 13 heavy (non-hydrogen) atoms. The van der Waals surface area contributed by atoms with Crippen LogP contribution in [0.2, 0.25) is 0 Å². The maximum atomic E-state index is 6.07. The zero-order valence-electron chi connectivity index (χ0n) is 8.09. The fourth-order valence-electron chi connectivity index (χ4n) is 1.19. The van der Waals surface area contributed by atoms with Crippen LogP contribution in [0, 0.1) is 5.92 Å². The molecule has 2 unspecified atom stereocenters. The monoisotopic (exact) mass is 261 g/mol. The summed E-state index contributed by atoms with van der Waals surface area (Å²) in [7, 11) is 0. The van der Waals surface area contributed by atoms with Crippen LogP contribution in [0.4, 0.5) is 0 Å². The van der Waals surface area contributed by atoms with Crippen molar-refractivity contribution in [2.45, 2.75) is 32.7 Å². The molecule has 1 aromatic rings. The van der Waals surface area contributed by atoms with Gasteiger partial charge in [0.15, 0.2) is 0 Å². The highest BCUT2D eigenvalue weighted by Gasteiger charge is 2.13. The number of halogens is 1. The van der Waals surface area contributed by atoms with Crippen LogP contribution in [0.1, 0.15) is 25.1 Å². The number of rotatable bonds is 4. The molecule has 0 aliphatic rings. The van der Waals surface area contributed by atoms with Crippen LogP contribution >= 0.6 is 27.3 Å². The van der Waals surface area contributed by atoms with Gasteiger partial charge in [-0.1, -0.05) is 20.3 Å². The molecule has 0 fully saturated rings. The molecule has 0 spiro atoms. The fraction of sp³-hybridized carbons (Fsp3) is 0.600. The average Bonchev–Trinajstić information content (AvgIpc) is 2.50. The van der Waals surface area contributed by atoms with E-state index >= 15 is 0 Å². The Kier molecular flexibility index (Phi) is 4.42. The van der Waals surface area contributed by atoms with Crippen molar-refractivity contribution in [3.63, 3.8) is 0 Å². The summed E-state index contributed by atoms with van der Waals surface area (Å²) in [5, 5.41) is 2.10. The lowest BCUT2D eigenvalue weighted by Crippen LogP contribution is -2.29. The van der Waals surface area contributed by atoms with Gasteiger partial charge in [0.1, 0.15) is 0 Å². The Hall–Kier alpha value is 0.140. The lowest BCUT2D eigenvalue weighted by Gasteiger charge is -2.17. The standard InChI is InChI=1S/C10H16BrNS/c1-3-7(2)9(12)6-10-8(11)4-5-13-10/h4-5,7,9H,3,6,12H2,1-2H3. The second-order valence-electron chi connectivity index (χ2n) is 3.45. The van der Waals surface area contributed by atoms with Crippen LogP contribution in [0.25, 0.3) is 0 Å². The second-order valence-corrected chi connectivity index (χ2v) is 5.30. The predicted molar refractivity (Wildman–Crippen MR) is 63.2 cm³/mol. The van der Waals surface area contributed by atoms with Gasteiger partial charge in [0, 0.05) is 15.4 Å². The Morgan fingerprint density at radius 1 is 1.62 bits per heavy atom. The molecule has 0 saturated heterocycles. The van der Waals surface area contributed by atoms with Gasteiger partial charge < -0.3 is 5.73 Å². The first-order valence-corrected chi connectivity index (χ1v) is 6.29. The number of thiophene rings is 1. The minimum absolute atomic E-state index is 0.292. The quantitative estimate of drug-likeness (QED) is 0.883. The maximum absolute atomic E-state index is 6.07. The zero-order chi connectivity index (χ0) is 9.84. The van der Waals surface area contributed by atoms with E-state index < -0.39 is 0 Å². The minimum atomic E-state index is 0.292. The average molecular weight is 262 g/mol. The lowest BCUT2D eigenvalue weighted by atomic mass is 9.97. The van der Waals surface area contributed by atoms with Gasteiger partial charge in [-0.3, -0.25) is 0 Å². The molecule has 0 aliphatic carbocycles. The summed E-state index contributed by atoms with van der Waals surface area (Å²) in [5.74, 6) is 0.606. The Morgan fingerprint density at radius 2 is 2.31 bits per heavy atom. The molecule has 0 amide bonds. The molecule has 1 heterocycles. The molecule has 0 saturated carbocycles. The van der Waals surface area contributed by atoms with E-state index in [4.69, 9.17) is 5.73 Å². The molecular formula is C10H16BrNS. The first-order valence-electron chi connectivity index (χ1n) is 4.62. The Morgan fingerprint density at radius 3 is 2.77 bits per heavy atom.